The number of nitrogens with one attached hydrogen (secondary N) is 1. The average molecular weight is 281 g/mol. The van der Waals surface area contributed by atoms with Crippen molar-refractivity contribution in [1.82, 2.24) is 5.32 Å². The minimum absolute atomic E-state index is 0.120. The second-order valence-electron chi connectivity index (χ2n) is 5.70. The molecule has 0 radical (unpaired) electrons. The van der Waals surface area contributed by atoms with Crippen molar-refractivity contribution in [3.05, 3.63) is 12.2 Å². The van der Waals surface area contributed by atoms with Gasteiger partial charge in [-0.15, -0.1) is 0 Å². The quantitative estimate of drug-likeness (QED) is 0.605. The molecule has 114 valence electrons. The maximum absolute atomic E-state index is 11.8. The van der Waals surface area contributed by atoms with Crippen LogP contribution in [0.2, 0.25) is 0 Å². The smallest absolute Gasteiger partial charge is 0.303 e. The van der Waals surface area contributed by atoms with E-state index < -0.39 is 5.97 Å². The third-order valence-electron chi connectivity index (χ3n) is 3.90. The minimum Gasteiger partial charge on any atom is -0.481 e. The molecule has 0 aromatic rings. The van der Waals surface area contributed by atoms with Crippen LogP contribution in [0.5, 0.6) is 0 Å². The summed E-state index contributed by atoms with van der Waals surface area (Å²) in [6, 6.07) is 0. The Morgan fingerprint density at radius 2 is 2.15 bits per heavy atom. The number of rotatable bonds is 10. The Labute approximate surface area is 121 Å². The van der Waals surface area contributed by atoms with Gasteiger partial charge >= 0.3 is 5.97 Å². The molecule has 1 amide bonds. The van der Waals surface area contributed by atoms with E-state index in [1.807, 2.05) is 0 Å². The highest BCUT2D eigenvalue weighted by Gasteiger charge is 2.14. The largest absolute Gasteiger partial charge is 0.481 e. The Morgan fingerprint density at radius 3 is 2.75 bits per heavy atom. The number of carboxylic acids is 1. The van der Waals surface area contributed by atoms with Crippen molar-refractivity contribution in [3.63, 3.8) is 0 Å². The summed E-state index contributed by atoms with van der Waals surface area (Å²) in [6.07, 6.45) is 11.0. The molecule has 0 fully saturated rings. The van der Waals surface area contributed by atoms with Gasteiger partial charge in [0.1, 0.15) is 0 Å². The number of amides is 1. The van der Waals surface area contributed by atoms with Crippen molar-refractivity contribution in [2.24, 2.45) is 11.8 Å². The van der Waals surface area contributed by atoms with Gasteiger partial charge in [0, 0.05) is 19.4 Å². The fraction of sp³-hybridized carbons (Fsp3) is 0.750. The van der Waals surface area contributed by atoms with Crippen molar-refractivity contribution in [1.29, 1.82) is 0 Å². The van der Waals surface area contributed by atoms with Crippen LogP contribution in [0, 0.1) is 11.8 Å². The van der Waals surface area contributed by atoms with Gasteiger partial charge in [0.25, 0.3) is 0 Å². The molecule has 2 atom stereocenters. The van der Waals surface area contributed by atoms with E-state index >= 15 is 0 Å². The maximum atomic E-state index is 11.8. The van der Waals surface area contributed by atoms with Crippen molar-refractivity contribution in [2.45, 2.75) is 58.3 Å². The molecule has 0 saturated heterocycles. The lowest BCUT2D eigenvalue weighted by molar-refractivity contribution is -0.137. The number of carboxylic acid groups (broad SMARTS) is 1. The van der Waals surface area contributed by atoms with Crippen LogP contribution in [0.3, 0.4) is 0 Å². The van der Waals surface area contributed by atoms with Crippen LogP contribution in [0.4, 0.5) is 0 Å². The third kappa shape index (κ3) is 7.31. The molecule has 0 saturated carbocycles. The Bertz CT molecular complexity index is 339. The molecule has 2 N–H and O–H groups in total. The number of allylic oxidation sites excluding steroid dienone is 2. The van der Waals surface area contributed by atoms with Gasteiger partial charge in [-0.1, -0.05) is 31.9 Å². The third-order valence-corrected chi connectivity index (χ3v) is 3.90. The van der Waals surface area contributed by atoms with Gasteiger partial charge in [0.05, 0.1) is 0 Å². The predicted molar refractivity (Wildman–Crippen MR) is 79.4 cm³/mol. The highest BCUT2D eigenvalue weighted by molar-refractivity contribution is 5.76. The lowest BCUT2D eigenvalue weighted by Crippen LogP contribution is -2.27. The van der Waals surface area contributed by atoms with Gasteiger partial charge in [0.15, 0.2) is 0 Å². The van der Waals surface area contributed by atoms with Gasteiger partial charge in [-0.2, -0.15) is 0 Å². The summed E-state index contributed by atoms with van der Waals surface area (Å²) >= 11 is 0. The molecule has 2 unspecified atom stereocenters. The predicted octanol–water partition coefficient (Wildman–Crippen LogP) is 3.13. The first-order chi connectivity index (χ1) is 9.61. The number of hydrogen-bond donors (Lipinski definition) is 2. The fourth-order valence-electron chi connectivity index (χ4n) is 2.76. The second kappa shape index (κ2) is 9.56. The van der Waals surface area contributed by atoms with Crippen molar-refractivity contribution < 1.29 is 14.7 Å². The topological polar surface area (TPSA) is 66.4 Å². The Kier molecular flexibility index (Phi) is 8.00. The zero-order valence-corrected chi connectivity index (χ0v) is 12.4. The monoisotopic (exact) mass is 281 g/mol. The zero-order chi connectivity index (χ0) is 14.8. The van der Waals surface area contributed by atoms with Crippen LogP contribution in [-0.4, -0.2) is 23.5 Å². The highest BCUT2D eigenvalue weighted by Crippen LogP contribution is 2.20. The molecule has 1 rings (SSSR count). The van der Waals surface area contributed by atoms with Crippen LogP contribution < -0.4 is 5.32 Å². The molecule has 0 spiro atoms. The van der Waals surface area contributed by atoms with E-state index in [4.69, 9.17) is 5.11 Å². The molecule has 0 aromatic heterocycles. The molecular formula is C16H27NO3. The lowest BCUT2D eigenvalue weighted by atomic mass is 9.94. The molecule has 1 aliphatic rings. The van der Waals surface area contributed by atoms with E-state index in [0.29, 0.717) is 31.2 Å². The van der Waals surface area contributed by atoms with E-state index in [1.54, 1.807) is 0 Å². The Balaban J connectivity index is 2.16. The summed E-state index contributed by atoms with van der Waals surface area (Å²) < 4.78 is 0. The van der Waals surface area contributed by atoms with Crippen LogP contribution in [0.25, 0.3) is 0 Å². The minimum atomic E-state index is -0.733. The van der Waals surface area contributed by atoms with Crippen molar-refractivity contribution in [2.75, 3.05) is 6.54 Å². The van der Waals surface area contributed by atoms with Gasteiger partial charge in [-0.05, 0) is 37.5 Å². The first kappa shape index (κ1) is 16.7. The SMILES string of the molecule is CCCC(CCNC(=O)CC1C=CCC1)CCC(=O)O. The molecule has 0 heterocycles. The number of carbonyl (C=O) groups excluding carboxylic acids is 1. The molecule has 4 heteroatoms. The maximum Gasteiger partial charge on any atom is 0.303 e. The summed E-state index contributed by atoms with van der Waals surface area (Å²) in [7, 11) is 0. The van der Waals surface area contributed by atoms with E-state index in [1.165, 1.54) is 0 Å². The molecule has 20 heavy (non-hydrogen) atoms. The average Bonchev–Trinajstić information content (AvgIpc) is 2.88. The number of carbonyl (C=O) groups is 2. The van der Waals surface area contributed by atoms with Gasteiger partial charge in [-0.3, -0.25) is 9.59 Å². The molecule has 0 aromatic carbocycles. The molecular weight excluding hydrogens is 254 g/mol. The summed E-state index contributed by atoms with van der Waals surface area (Å²) in [5, 5.41) is 11.7. The van der Waals surface area contributed by atoms with Crippen LogP contribution in [0.15, 0.2) is 12.2 Å². The number of aliphatic carboxylic acids is 1. The molecule has 4 nitrogen and oxygen atoms in total. The van der Waals surface area contributed by atoms with Crippen LogP contribution in [0.1, 0.15) is 58.3 Å². The van der Waals surface area contributed by atoms with Gasteiger partial charge in [0.2, 0.25) is 5.91 Å². The normalized spacial score (nSPS) is 18.9. The molecule has 1 aliphatic carbocycles. The van der Waals surface area contributed by atoms with E-state index in [2.05, 4.69) is 24.4 Å². The second-order valence-corrected chi connectivity index (χ2v) is 5.70. The summed E-state index contributed by atoms with van der Waals surface area (Å²) in [6.45, 7) is 2.78. The fourth-order valence-corrected chi connectivity index (χ4v) is 2.76. The molecule has 0 bridgehead atoms. The van der Waals surface area contributed by atoms with E-state index in [9.17, 15) is 9.59 Å². The van der Waals surface area contributed by atoms with Gasteiger partial charge < -0.3 is 10.4 Å². The summed E-state index contributed by atoms with van der Waals surface area (Å²) in [5.74, 6) is 0.203. The summed E-state index contributed by atoms with van der Waals surface area (Å²) in [4.78, 5) is 22.4. The highest BCUT2D eigenvalue weighted by atomic mass is 16.4. The number of hydrogen-bond acceptors (Lipinski definition) is 2. The molecule has 0 aliphatic heterocycles. The summed E-state index contributed by atoms with van der Waals surface area (Å²) in [5.41, 5.74) is 0. The Morgan fingerprint density at radius 1 is 1.35 bits per heavy atom. The van der Waals surface area contributed by atoms with Crippen LogP contribution in [-0.2, 0) is 9.59 Å². The van der Waals surface area contributed by atoms with Crippen molar-refractivity contribution >= 4 is 11.9 Å². The Hall–Kier alpha value is -1.32. The van der Waals surface area contributed by atoms with Crippen LogP contribution >= 0.6 is 0 Å². The first-order valence-electron chi connectivity index (χ1n) is 7.77. The zero-order valence-electron chi connectivity index (χ0n) is 12.4. The lowest BCUT2D eigenvalue weighted by Gasteiger charge is -2.16. The first-order valence-corrected chi connectivity index (χ1v) is 7.77. The standard InChI is InChI=1S/C16H27NO3/c1-2-5-13(8-9-16(19)20)10-11-17-15(18)12-14-6-3-4-7-14/h3,6,13-14H,2,4-5,7-12H2,1H3,(H,17,18)(H,19,20). The van der Waals surface area contributed by atoms with E-state index in [-0.39, 0.29) is 12.3 Å². The van der Waals surface area contributed by atoms with Gasteiger partial charge in [-0.25, -0.2) is 0 Å². The van der Waals surface area contributed by atoms with E-state index in [0.717, 1.165) is 32.1 Å². The van der Waals surface area contributed by atoms with Crippen molar-refractivity contribution in [3.8, 4) is 0 Å².